The van der Waals surface area contributed by atoms with Gasteiger partial charge in [-0.1, -0.05) is 25.4 Å². The SMILES string of the molecule is CCCOc1ccc(S(=O)N2CCC(CCO)CC2)cc1-c1nc2c(CCC)c(/C=N/O)n(C)c2c(=O)[nH]1. The minimum absolute atomic E-state index is 0.182. The van der Waals surface area contributed by atoms with Crippen LogP contribution in [-0.4, -0.2) is 65.9 Å². The van der Waals surface area contributed by atoms with Gasteiger partial charge in [0.05, 0.1) is 29.0 Å². The predicted octanol–water partition coefficient (Wildman–Crippen LogP) is 3.60. The van der Waals surface area contributed by atoms with E-state index in [0.29, 0.717) is 70.8 Å². The Balaban J connectivity index is 1.79. The number of hydrogen-bond acceptors (Lipinski definition) is 7. The van der Waals surface area contributed by atoms with Crippen molar-refractivity contribution in [1.29, 1.82) is 0 Å². The molecule has 1 unspecified atom stereocenters. The highest BCUT2D eigenvalue weighted by atomic mass is 32.2. The van der Waals surface area contributed by atoms with Crippen LogP contribution in [0.1, 0.15) is 57.2 Å². The van der Waals surface area contributed by atoms with Gasteiger partial charge in [-0.05, 0) is 56.2 Å². The molecule has 206 valence electrons. The smallest absolute Gasteiger partial charge is 0.275 e. The molecule has 0 spiro atoms. The van der Waals surface area contributed by atoms with Gasteiger partial charge in [-0.25, -0.2) is 13.5 Å². The number of benzene rings is 1. The number of aromatic amines is 1. The van der Waals surface area contributed by atoms with Gasteiger partial charge < -0.3 is 24.6 Å². The van der Waals surface area contributed by atoms with Gasteiger partial charge in [-0.2, -0.15) is 0 Å². The number of hydrogen-bond donors (Lipinski definition) is 3. The largest absolute Gasteiger partial charge is 0.493 e. The molecule has 3 heterocycles. The third kappa shape index (κ3) is 5.69. The lowest BCUT2D eigenvalue weighted by molar-refractivity contribution is 0.211. The molecule has 0 amide bonds. The lowest BCUT2D eigenvalue weighted by Gasteiger charge is -2.30. The van der Waals surface area contributed by atoms with Gasteiger partial charge in [0.25, 0.3) is 5.56 Å². The van der Waals surface area contributed by atoms with Crippen LogP contribution in [0.3, 0.4) is 0 Å². The maximum Gasteiger partial charge on any atom is 0.275 e. The summed E-state index contributed by atoms with van der Waals surface area (Å²) in [6.45, 7) is 6.11. The molecular weight excluding hydrogens is 506 g/mol. The monoisotopic (exact) mass is 543 g/mol. The summed E-state index contributed by atoms with van der Waals surface area (Å²) in [6, 6.07) is 5.40. The lowest BCUT2D eigenvalue weighted by atomic mass is 9.95. The fourth-order valence-electron chi connectivity index (χ4n) is 5.11. The molecule has 1 aliphatic heterocycles. The number of piperidine rings is 1. The summed E-state index contributed by atoms with van der Waals surface area (Å²) in [6.07, 6.45) is 6.19. The molecule has 1 atom stereocenters. The highest BCUT2D eigenvalue weighted by Crippen LogP contribution is 2.33. The molecule has 1 aliphatic rings. The van der Waals surface area contributed by atoms with Crippen molar-refractivity contribution in [3.63, 3.8) is 0 Å². The van der Waals surface area contributed by atoms with Gasteiger partial charge in [0, 0.05) is 32.3 Å². The Kier molecular flexibility index (Phi) is 9.35. The van der Waals surface area contributed by atoms with Gasteiger partial charge in [-0.15, -0.1) is 0 Å². The van der Waals surface area contributed by atoms with Crippen LogP contribution in [0, 0.1) is 5.92 Å². The highest BCUT2D eigenvalue weighted by Gasteiger charge is 2.25. The minimum atomic E-state index is -1.38. The molecule has 0 aliphatic carbocycles. The molecule has 10 nitrogen and oxygen atoms in total. The summed E-state index contributed by atoms with van der Waals surface area (Å²) in [7, 11) is 0.366. The van der Waals surface area contributed by atoms with E-state index in [0.717, 1.165) is 37.7 Å². The number of aliphatic hydroxyl groups is 1. The molecular formula is C27H37N5O5S. The third-order valence-corrected chi connectivity index (χ3v) is 8.57. The number of aliphatic hydroxyl groups excluding tert-OH is 1. The van der Waals surface area contributed by atoms with Crippen molar-refractivity contribution >= 4 is 28.2 Å². The van der Waals surface area contributed by atoms with E-state index in [9.17, 15) is 19.3 Å². The first-order chi connectivity index (χ1) is 18.4. The average Bonchev–Trinajstić information content (AvgIpc) is 3.19. The molecule has 11 heteroatoms. The van der Waals surface area contributed by atoms with Crippen molar-refractivity contribution in [1.82, 2.24) is 18.8 Å². The quantitative estimate of drug-likeness (QED) is 0.192. The number of fused-ring (bicyclic) bond motifs is 1. The van der Waals surface area contributed by atoms with Gasteiger partial charge in [-0.3, -0.25) is 4.79 Å². The summed E-state index contributed by atoms with van der Waals surface area (Å²) >= 11 is 0. The molecule has 0 radical (unpaired) electrons. The second-order valence-corrected chi connectivity index (χ2v) is 11.2. The Bertz CT molecular complexity index is 1370. The number of aromatic nitrogens is 3. The Labute approximate surface area is 224 Å². The lowest BCUT2D eigenvalue weighted by Crippen LogP contribution is -2.35. The summed E-state index contributed by atoms with van der Waals surface area (Å²) in [5.74, 6) is 1.35. The minimum Gasteiger partial charge on any atom is -0.493 e. The second-order valence-electron chi connectivity index (χ2n) is 9.67. The van der Waals surface area contributed by atoms with Crippen molar-refractivity contribution in [3.05, 3.63) is 39.8 Å². The fourth-order valence-corrected chi connectivity index (χ4v) is 6.36. The maximum absolute atomic E-state index is 13.5. The number of nitrogens with one attached hydrogen (secondary N) is 1. The number of rotatable bonds is 11. The molecule has 38 heavy (non-hydrogen) atoms. The molecule has 0 bridgehead atoms. The summed E-state index contributed by atoms with van der Waals surface area (Å²) in [5, 5.41) is 21.6. The molecule has 1 saturated heterocycles. The summed E-state index contributed by atoms with van der Waals surface area (Å²) in [5.41, 5.74) is 2.65. The second kappa shape index (κ2) is 12.7. The van der Waals surface area contributed by atoms with Crippen molar-refractivity contribution in [2.45, 2.75) is 57.3 Å². The third-order valence-electron chi connectivity index (χ3n) is 7.08. The van der Waals surface area contributed by atoms with E-state index < -0.39 is 11.0 Å². The van der Waals surface area contributed by atoms with Crippen LogP contribution in [0.25, 0.3) is 22.4 Å². The molecule has 0 saturated carbocycles. The number of nitrogens with zero attached hydrogens (tertiary/aromatic N) is 4. The van der Waals surface area contributed by atoms with E-state index >= 15 is 0 Å². The maximum atomic E-state index is 13.5. The molecule has 4 rings (SSSR count). The van der Waals surface area contributed by atoms with Gasteiger partial charge in [0.15, 0.2) is 0 Å². The Morgan fingerprint density at radius 3 is 2.68 bits per heavy atom. The van der Waals surface area contributed by atoms with Gasteiger partial charge >= 0.3 is 0 Å². The van der Waals surface area contributed by atoms with E-state index in [1.54, 1.807) is 23.7 Å². The van der Waals surface area contributed by atoms with E-state index in [1.165, 1.54) is 6.21 Å². The molecule has 3 aromatic rings. The number of aryl methyl sites for hydroxylation is 2. The highest BCUT2D eigenvalue weighted by molar-refractivity contribution is 7.82. The first-order valence-electron chi connectivity index (χ1n) is 13.3. The van der Waals surface area contributed by atoms with Gasteiger partial charge in [0.1, 0.15) is 33.6 Å². The van der Waals surface area contributed by atoms with E-state index in [-0.39, 0.29) is 12.2 Å². The van der Waals surface area contributed by atoms with Crippen LogP contribution in [0.2, 0.25) is 0 Å². The fraction of sp³-hybridized carbons (Fsp3) is 0.519. The van der Waals surface area contributed by atoms with Crippen LogP contribution in [0.4, 0.5) is 0 Å². The van der Waals surface area contributed by atoms with Crippen LogP contribution in [0.5, 0.6) is 5.75 Å². The Morgan fingerprint density at radius 1 is 1.26 bits per heavy atom. The standard InChI is InChI=1S/C27H37N5O5S/c1-4-6-20-22(17-28-35)31(3)25-24(20)29-26(30-27(25)34)21-16-19(7-8-23(21)37-15-5-2)38(36)32-12-9-18(10-13-32)11-14-33/h7-8,16-18,33,35H,4-6,9-15H2,1-3H3,(H,29,30,34)/b28-17+. The molecule has 1 fully saturated rings. The van der Waals surface area contributed by atoms with Crippen molar-refractivity contribution in [3.8, 4) is 17.1 Å². The van der Waals surface area contributed by atoms with Crippen LogP contribution in [-0.2, 0) is 24.5 Å². The molecule has 2 aromatic heterocycles. The number of oxime groups is 1. The molecule has 1 aromatic carbocycles. The topological polar surface area (TPSA) is 133 Å². The zero-order chi connectivity index (χ0) is 27.2. The van der Waals surface area contributed by atoms with E-state index in [4.69, 9.17) is 9.72 Å². The van der Waals surface area contributed by atoms with Crippen molar-refractivity contribution in [2.24, 2.45) is 18.1 Å². The summed E-state index contributed by atoms with van der Waals surface area (Å²) in [4.78, 5) is 21.7. The predicted molar refractivity (Wildman–Crippen MR) is 148 cm³/mol. The van der Waals surface area contributed by atoms with E-state index in [1.807, 2.05) is 24.2 Å². The normalized spacial score (nSPS) is 16.0. The molecule has 3 N–H and O–H groups in total. The van der Waals surface area contributed by atoms with Crippen molar-refractivity contribution < 1.29 is 19.3 Å². The summed E-state index contributed by atoms with van der Waals surface area (Å²) < 4.78 is 23.2. The Hall–Kier alpha value is -3.02. The number of ether oxygens (including phenoxy) is 1. The van der Waals surface area contributed by atoms with E-state index in [2.05, 4.69) is 10.1 Å². The van der Waals surface area contributed by atoms with Gasteiger partial charge in [0.2, 0.25) is 0 Å². The zero-order valence-corrected chi connectivity index (χ0v) is 23.1. The van der Waals surface area contributed by atoms with Crippen LogP contribution >= 0.6 is 0 Å². The first-order valence-corrected chi connectivity index (χ1v) is 14.4. The van der Waals surface area contributed by atoms with Crippen LogP contribution in [0.15, 0.2) is 33.0 Å². The zero-order valence-electron chi connectivity index (χ0n) is 22.3. The Morgan fingerprint density at radius 2 is 2.03 bits per heavy atom. The first kappa shape index (κ1) is 28.0. The van der Waals surface area contributed by atoms with Crippen LogP contribution < -0.4 is 10.3 Å². The number of H-pyrrole nitrogens is 1. The van der Waals surface area contributed by atoms with Crippen molar-refractivity contribution in [2.75, 3.05) is 26.3 Å². The average molecular weight is 544 g/mol.